The minimum atomic E-state index is -0.202. The van der Waals surface area contributed by atoms with Crippen LogP contribution in [-0.4, -0.2) is 6.54 Å². The van der Waals surface area contributed by atoms with Crippen molar-refractivity contribution in [2.24, 2.45) is 5.92 Å². The third-order valence-electron chi connectivity index (χ3n) is 3.83. The fourth-order valence-corrected chi connectivity index (χ4v) is 3.19. The Balaban J connectivity index is 2.16. The molecule has 0 radical (unpaired) electrons. The average Bonchev–Trinajstić information content (AvgIpc) is 2.46. The highest BCUT2D eigenvalue weighted by Gasteiger charge is 2.25. The van der Waals surface area contributed by atoms with Gasteiger partial charge >= 0.3 is 0 Å². The lowest BCUT2D eigenvalue weighted by atomic mass is 9.93. The normalized spacial score (nSPS) is 17.9. The number of anilines is 2. The molecule has 1 heterocycles. The monoisotopic (exact) mass is 289 g/mol. The molecule has 3 rings (SSSR count). The fourth-order valence-electron chi connectivity index (χ4n) is 2.98. The van der Waals surface area contributed by atoms with Crippen LogP contribution < -0.4 is 4.90 Å². The summed E-state index contributed by atoms with van der Waals surface area (Å²) < 4.78 is 14.3. The number of hydrogen-bond acceptors (Lipinski definition) is 1. The summed E-state index contributed by atoms with van der Waals surface area (Å²) in [5.74, 6) is 0.611. The van der Waals surface area contributed by atoms with E-state index in [1.54, 1.807) is 6.07 Å². The van der Waals surface area contributed by atoms with E-state index < -0.39 is 0 Å². The molecule has 1 nitrogen and oxygen atoms in total. The molecule has 0 aliphatic carbocycles. The summed E-state index contributed by atoms with van der Waals surface area (Å²) in [4.78, 5) is 2.08. The molecule has 20 heavy (non-hydrogen) atoms. The van der Waals surface area contributed by atoms with Crippen LogP contribution in [0, 0.1) is 11.7 Å². The second kappa shape index (κ2) is 5.45. The molecule has 1 aliphatic heterocycles. The van der Waals surface area contributed by atoms with E-state index in [1.807, 2.05) is 18.2 Å². The van der Waals surface area contributed by atoms with Crippen molar-refractivity contribution in [1.29, 1.82) is 0 Å². The van der Waals surface area contributed by atoms with E-state index in [1.165, 1.54) is 11.6 Å². The number of alkyl halides is 1. The summed E-state index contributed by atoms with van der Waals surface area (Å²) in [5, 5.41) is 0. The number of benzene rings is 2. The zero-order valence-electron chi connectivity index (χ0n) is 11.4. The highest BCUT2D eigenvalue weighted by atomic mass is 35.5. The van der Waals surface area contributed by atoms with Crippen LogP contribution in [0.25, 0.3) is 0 Å². The van der Waals surface area contributed by atoms with Gasteiger partial charge in [-0.1, -0.05) is 37.3 Å². The Morgan fingerprint density at radius 2 is 2.00 bits per heavy atom. The number of nitrogens with zero attached hydrogens (tertiary/aromatic N) is 1. The Hall–Kier alpha value is -1.54. The van der Waals surface area contributed by atoms with Gasteiger partial charge in [0.2, 0.25) is 0 Å². The maximum Gasteiger partial charge on any atom is 0.147 e. The van der Waals surface area contributed by atoms with Gasteiger partial charge < -0.3 is 4.90 Å². The molecule has 2 aromatic carbocycles. The summed E-state index contributed by atoms with van der Waals surface area (Å²) >= 11 is 5.99. The van der Waals surface area contributed by atoms with Gasteiger partial charge in [0.15, 0.2) is 0 Å². The Kier molecular flexibility index (Phi) is 3.66. The van der Waals surface area contributed by atoms with E-state index in [2.05, 4.69) is 24.0 Å². The van der Waals surface area contributed by atoms with E-state index in [0.29, 0.717) is 17.5 Å². The maximum atomic E-state index is 14.3. The molecule has 0 saturated heterocycles. The first-order valence-corrected chi connectivity index (χ1v) is 7.43. The molecule has 0 N–H and O–H groups in total. The number of para-hydroxylation sites is 2. The molecule has 2 aromatic rings. The Bertz CT molecular complexity index is 626. The van der Waals surface area contributed by atoms with E-state index in [-0.39, 0.29) is 5.82 Å². The van der Waals surface area contributed by atoms with Crippen molar-refractivity contribution < 1.29 is 4.39 Å². The quantitative estimate of drug-likeness (QED) is 0.711. The lowest BCUT2D eigenvalue weighted by Crippen LogP contribution is -2.31. The maximum absolute atomic E-state index is 14.3. The number of halogens is 2. The molecule has 0 bridgehead atoms. The molecule has 0 saturated carbocycles. The van der Waals surface area contributed by atoms with Crippen LogP contribution in [-0.2, 0) is 12.3 Å². The van der Waals surface area contributed by atoms with E-state index in [4.69, 9.17) is 11.6 Å². The first-order valence-electron chi connectivity index (χ1n) is 6.89. The van der Waals surface area contributed by atoms with Gasteiger partial charge in [-0.2, -0.15) is 0 Å². The number of hydrogen-bond donors (Lipinski definition) is 0. The summed E-state index contributed by atoms with van der Waals surface area (Å²) in [6, 6.07) is 13.4. The second-order valence-corrected chi connectivity index (χ2v) is 5.70. The van der Waals surface area contributed by atoms with Gasteiger partial charge in [0.05, 0.1) is 5.69 Å². The Labute approximate surface area is 124 Å². The van der Waals surface area contributed by atoms with Gasteiger partial charge in [0.1, 0.15) is 5.82 Å². The molecule has 1 unspecified atom stereocenters. The fraction of sp³-hybridized carbons (Fsp3) is 0.294. The average molecular weight is 290 g/mol. The van der Waals surface area contributed by atoms with Crippen LogP contribution in [0.3, 0.4) is 0 Å². The third kappa shape index (κ3) is 2.29. The van der Waals surface area contributed by atoms with Crippen molar-refractivity contribution in [3.8, 4) is 0 Å². The highest BCUT2D eigenvalue weighted by molar-refractivity contribution is 6.17. The minimum absolute atomic E-state index is 0.202. The van der Waals surface area contributed by atoms with Crippen LogP contribution in [0.4, 0.5) is 15.8 Å². The predicted octanol–water partition coefficient (Wildman–Crippen LogP) is 4.89. The molecule has 1 atom stereocenters. The van der Waals surface area contributed by atoms with Crippen LogP contribution in [0.2, 0.25) is 0 Å². The highest BCUT2D eigenvalue weighted by Crippen LogP contribution is 2.38. The predicted molar refractivity (Wildman–Crippen MR) is 82.3 cm³/mol. The van der Waals surface area contributed by atoms with Crippen molar-refractivity contribution >= 4 is 23.0 Å². The Morgan fingerprint density at radius 1 is 1.20 bits per heavy atom. The lowest BCUT2D eigenvalue weighted by molar-refractivity contribution is 0.551. The first-order chi connectivity index (χ1) is 9.70. The van der Waals surface area contributed by atoms with Crippen molar-refractivity contribution in [3.63, 3.8) is 0 Å². The molecule has 0 spiro atoms. The van der Waals surface area contributed by atoms with Crippen LogP contribution in [0.5, 0.6) is 0 Å². The number of fused-ring (bicyclic) bond motifs is 1. The van der Waals surface area contributed by atoms with E-state index in [0.717, 1.165) is 24.2 Å². The third-order valence-corrected chi connectivity index (χ3v) is 4.12. The van der Waals surface area contributed by atoms with Crippen molar-refractivity contribution in [2.75, 3.05) is 11.4 Å². The zero-order chi connectivity index (χ0) is 14.1. The molecule has 1 aliphatic rings. The van der Waals surface area contributed by atoms with Crippen LogP contribution in [0.15, 0.2) is 42.5 Å². The van der Waals surface area contributed by atoms with Gasteiger partial charge in [-0.3, -0.25) is 0 Å². The molecular weight excluding hydrogens is 273 g/mol. The molecule has 0 amide bonds. The molecule has 0 fully saturated rings. The van der Waals surface area contributed by atoms with Crippen molar-refractivity contribution in [2.45, 2.75) is 19.2 Å². The molecule has 0 aromatic heterocycles. The van der Waals surface area contributed by atoms with Crippen molar-refractivity contribution in [3.05, 3.63) is 59.4 Å². The first kappa shape index (κ1) is 13.4. The van der Waals surface area contributed by atoms with E-state index in [9.17, 15) is 4.39 Å². The van der Waals surface area contributed by atoms with Crippen LogP contribution in [0.1, 0.15) is 18.1 Å². The minimum Gasteiger partial charge on any atom is -0.338 e. The van der Waals surface area contributed by atoms with Gasteiger partial charge in [-0.15, -0.1) is 11.6 Å². The zero-order valence-corrected chi connectivity index (χ0v) is 12.2. The smallest absolute Gasteiger partial charge is 0.147 e. The topological polar surface area (TPSA) is 3.24 Å². The lowest BCUT2D eigenvalue weighted by Gasteiger charge is -2.36. The molecule has 3 heteroatoms. The van der Waals surface area contributed by atoms with Gasteiger partial charge in [0, 0.05) is 18.1 Å². The summed E-state index contributed by atoms with van der Waals surface area (Å²) in [7, 11) is 0. The molecular formula is C17H17ClFN. The van der Waals surface area contributed by atoms with Crippen molar-refractivity contribution in [1.82, 2.24) is 0 Å². The van der Waals surface area contributed by atoms with Gasteiger partial charge in [-0.25, -0.2) is 4.39 Å². The van der Waals surface area contributed by atoms with Gasteiger partial charge in [0.25, 0.3) is 0 Å². The molecule has 104 valence electrons. The van der Waals surface area contributed by atoms with Gasteiger partial charge in [-0.05, 0) is 35.6 Å². The summed E-state index contributed by atoms with van der Waals surface area (Å²) in [6.07, 6.45) is 1.04. The summed E-state index contributed by atoms with van der Waals surface area (Å²) in [5.41, 5.74) is 3.84. The Morgan fingerprint density at radius 3 is 2.80 bits per heavy atom. The second-order valence-electron chi connectivity index (χ2n) is 5.43. The SMILES string of the molecule is CC1Cc2ccccc2N(c2c(F)cccc2CCl)C1. The largest absolute Gasteiger partial charge is 0.338 e. The number of rotatable bonds is 2. The van der Waals surface area contributed by atoms with Crippen LogP contribution >= 0.6 is 11.6 Å². The van der Waals surface area contributed by atoms with E-state index >= 15 is 0 Å². The standard InChI is InChI=1S/C17H17ClFN/c1-12-9-13-5-2-3-8-16(13)20(11-12)17-14(10-18)6-4-7-15(17)19/h2-8,12H,9-11H2,1H3. The summed E-state index contributed by atoms with van der Waals surface area (Å²) in [6.45, 7) is 3.02.